The number of hydrogen-bond donors (Lipinski definition) is 1. The van der Waals surface area contributed by atoms with Gasteiger partial charge in [-0.2, -0.15) is 4.99 Å². The van der Waals surface area contributed by atoms with Gasteiger partial charge in [0.25, 0.3) is 0 Å². The number of carbonyl (C=O) groups excluding carboxylic acids is 1. The van der Waals surface area contributed by atoms with Crippen LogP contribution in [-0.2, 0) is 5.75 Å². The summed E-state index contributed by atoms with van der Waals surface area (Å²) in [5.74, 6) is 0.774. The van der Waals surface area contributed by atoms with Crippen LogP contribution in [0, 0.1) is 0 Å². The van der Waals surface area contributed by atoms with E-state index in [4.69, 9.17) is 0 Å². The predicted molar refractivity (Wildman–Crippen MR) is 94.3 cm³/mol. The number of rotatable bonds is 3. The molecular formula is C17H19N3OS. The summed E-state index contributed by atoms with van der Waals surface area (Å²) in [6.07, 6.45) is 0. The molecule has 2 aromatic rings. The van der Waals surface area contributed by atoms with E-state index in [1.54, 1.807) is 0 Å². The fourth-order valence-electron chi connectivity index (χ4n) is 1.74. The van der Waals surface area contributed by atoms with Crippen molar-refractivity contribution in [3.05, 3.63) is 66.2 Å². The molecule has 0 saturated carbocycles. The summed E-state index contributed by atoms with van der Waals surface area (Å²) < 4.78 is 0. The zero-order chi connectivity index (χ0) is 15.8. The van der Waals surface area contributed by atoms with Gasteiger partial charge in [-0.05, 0) is 17.7 Å². The Kier molecular flexibility index (Phi) is 6.03. The Morgan fingerprint density at radius 2 is 1.64 bits per heavy atom. The molecular weight excluding hydrogens is 294 g/mol. The van der Waals surface area contributed by atoms with Crippen LogP contribution in [0.2, 0.25) is 0 Å². The highest BCUT2D eigenvalue weighted by Gasteiger charge is 2.08. The van der Waals surface area contributed by atoms with Crippen molar-refractivity contribution < 1.29 is 4.79 Å². The number of thioether (sulfide) groups is 1. The molecule has 5 heteroatoms. The maximum absolute atomic E-state index is 12.0. The van der Waals surface area contributed by atoms with Crippen LogP contribution in [0.3, 0.4) is 0 Å². The van der Waals surface area contributed by atoms with Crippen molar-refractivity contribution in [2.45, 2.75) is 5.75 Å². The zero-order valence-corrected chi connectivity index (χ0v) is 13.5. The van der Waals surface area contributed by atoms with Crippen molar-refractivity contribution in [1.82, 2.24) is 4.90 Å². The second-order valence-corrected chi connectivity index (χ2v) is 5.80. The number of para-hydroxylation sites is 1. The summed E-state index contributed by atoms with van der Waals surface area (Å²) in [5, 5.41) is 3.44. The molecule has 0 aliphatic heterocycles. The smallest absolute Gasteiger partial charge is 0.347 e. The van der Waals surface area contributed by atoms with Gasteiger partial charge in [0.2, 0.25) is 0 Å². The number of nitrogens with one attached hydrogen (secondary N) is 1. The van der Waals surface area contributed by atoms with Gasteiger partial charge in [0.05, 0.1) is 0 Å². The Balaban J connectivity index is 1.99. The molecule has 2 aromatic carbocycles. The van der Waals surface area contributed by atoms with Crippen molar-refractivity contribution in [1.29, 1.82) is 0 Å². The third-order valence-electron chi connectivity index (χ3n) is 2.82. The summed E-state index contributed by atoms with van der Waals surface area (Å²) in [4.78, 5) is 18.0. The average molecular weight is 313 g/mol. The SMILES string of the molecule is CN(C)C(=NC(=O)Nc1ccccc1)SCc1ccccc1. The number of anilines is 1. The maximum Gasteiger partial charge on any atom is 0.347 e. The lowest BCUT2D eigenvalue weighted by atomic mass is 10.2. The lowest BCUT2D eigenvalue weighted by molar-refractivity contribution is 0.259. The molecule has 4 nitrogen and oxygen atoms in total. The molecule has 0 fully saturated rings. The first-order chi connectivity index (χ1) is 10.6. The minimum Gasteiger partial charge on any atom is -0.357 e. The van der Waals surface area contributed by atoms with Crippen LogP contribution in [0.15, 0.2) is 65.7 Å². The highest BCUT2D eigenvalue weighted by molar-refractivity contribution is 8.13. The molecule has 2 rings (SSSR count). The molecule has 114 valence electrons. The van der Waals surface area contributed by atoms with E-state index in [9.17, 15) is 4.79 Å². The second-order valence-electron chi connectivity index (χ2n) is 4.86. The van der Waals surface area contributed by atoms with E-state index in [1.165, 1.54) is 17.3 Å². The van der Waals surface area contributed by atoms with Crippen LogP contribution in [0.1, 0.15) is 5.56 Å². The molecule has 0 bridgehead atoms. The zero-order valence-electron chi connectivity index (χ0n) is 12.7. The van der Waals surface area contributed by atoms with E-state index < -0.39 is 0 Å². The van der Waals surface area contributed by atoms with Gasteiger partial charge in [0.15, 0.2) is 5.17 Å². The number of aliphatic imine (C=N–C) groups is 1. The monoisotopic (exact) mass is 313 g/mol. The number of nitrogens with zero attached hydrogens (tertiary/aromatic N) is 2. The molecule has 22 heavy (non-hydrogen) atoms. The number of amidine groups is 1. The molecule has 0 unspecified atom stereocenters. The maximum atomic E-state index is 12.0. The van der Waals surface area contributed by atoms with Crippen molar-refractivity contribution in [3.8, 4) is 0 Å². The molecule has 0 heterocycles. The Labute approximate surface area is 135 Å². The van der Waals surface area contributed by atoms with E-state index in [1.807, 2.05) is 67.5 Å². The fourth-order valence-corrected chi connectivity index (χ4v) is 2.64. The molecule has 0 radical (unpaired) electrons. The molecule has 0 saturated heterocycles. The van der Waals surface area contributed by atoms with Gasteiger partial charge >= 0.3 is 6.03 Å². The summed E-state index contributed by atoms with van der Waals surface area (Å²) >= 11 is 1.54. The summed E-state index contributed by atoms with van der Waals surface area (Å²) in [5.41, 5.74) is 1.94. The van der Waals surface area contributed by atoms with Crippen molar-refractivity contribution in [2.24, 2.45) is 4.99 Å². The van der Waals surface area contributed by atoms with Gasteiger partial charge in [-0.3, -0.25) is 0 Å². The Morgan fingerprint density at radius 3 is 2.23 bits per heavy atom. The number of benzene rings is 2. The highest BCUT2D eigenvalue weighted by atomic mass is 32.2. The molecule has 0 aliphatic carbocycles. The minimum absolute atomic E-state index is 0.365. The number of carbonyl (C=O) groups is 1. The largest absolute Gasteiger partial charge is 0.357 e. The van der Waals surface area contributed by atoms with Crippen LogP contribution in [-0.4, -0.2) is 30.2 Å². The average Bonchev–Trinajstić information content (AvgIpc) is 2.53. The molecule has 0 spiro atoms. The molecule has 0 aromatic heterocycles. The third-order valence-corrected chi connectivity index (χ3v) is 4.01. The van der Waals surface area contributed by atoms with Crippen LogP contribution in [0.25, 0.3) is 0 Å². The number of hydrogen-bond acceptors (Lipinski definition) is 2. The van der Waals surface area contributed by atoms with Gasteiger partial charge in [-0.1, -0.05) is 60.3 Å². The number of urea groups is 1. The Bertz CT molecular complexity index is 627. The van der Waals surface area contributed by atoms with E-state index in [0.29, 0.717) is 5.17 Å². The lowest BCUT2D eigenvalue weighted by Crippen LogP contribution is -2.21. The van der Waals surface area contributed by atoms with Crippen molar-refractivity contribution >= 4 is 28.6 Å². The van der Waals surface area contributed by atoms with E-state index in [0.717, 1.165) is 11.4 Å². The third kappa shape index (κ3) is 5.26. The van der Waals surface area contributed by atoms with Crippen molar-refractivity contribution in [2.75, 3.05) is 19.4 Å². The van der Waals surface area contributed by atoms with Crippen molar-refractivity contribution in [3.63, 3.8) is 0 Å². The van der Waals surface area contributed by atoms with Crippen LogP contribution in [0.4, 0.5) is 10.5 Å². The van der Waals surface area contributed by atoms with Gasteiger partial charge in [0, 0.05) is 25.5 Å². The van der Waals surface area contributed by atoms with Gasteiger partial charge in [-0.15, -0.1) is 0 Å². The Morgan fingerprint density at radius 1 is 1.05 bits per heavy atom. The van der Waals surface area contributed by atoms with Crippen LogP contribution in [0.5, 0.6) is 0 Å². The molecule has 0 atom stereocenters. The quantitative estimate of drug-likeness (QED) is 0.686. The highest BCUT2D eigenvalue weighted by Crippen LogP contribution is 2.15. The van der Waals surface area contributed by atoms with Crippen LogP contribution < -0.4 is 5.32 Å². The topological polar surface area (TPSA) is 44.7 Å². The van der Waals surface area contributed by atoms with E-state index >= 15 is 0 Å². The number of amides is 2. The van der Waals surface area contributed by atoms with Crippen LogP contribution >= 0.6 is 11.8 Å². The minimum atomic E-state index is -0.365. The van der Waals surface area contributed by atoms with E-state index in [2.05, 4.69) is 22.4 Å². The summed E-state index contributed by atoms with van der Waals surface area (Å²) in [6, 6.07) is 19.1. The lowest BCUT2D eigenvalue weighted by Gasteiger charge is -2.14. The first-order valence-corrected chi connectivity index (χ1v) is 7.92. The standard InChI is InChI=1S/C17H19N3OS/c1-20(2)17(22-13-14-9-5-3-6-10-14)19-16(21)18-15-11-7-4-8-12-15/h3-12H,13H2,1-2H3,(H,18,21). The predicted octanol–water partition coefficient (Wildman–Crippen LogP) is 4.07. The van der Waals surface area contributed by atoms with Gasteiger partial charge < -0.3 is 10.2 Å². The van der Waals surface area contributed by atoms with Gasteiger partial charge in [0.1, 0.15) is 0 Å². The van der Waals surface area contributed by atoms with Gasteiger partial charge in [-0.25, -0.2) is 4.79 Å². The van der Waals surface area contributed by atoms with E-state index in [-0.39, 0.29) is 6.03 Å². The summed E-state index contributed by atoms with van der Waals surface area (Å²) in [6.45, 7) is 0. The normalized spacial score (nSPS) is 11.1. The molecule has 0 aliphatic rings. The first-order valence-electron chi connectivity index (χ1n) is 6.94. The second kappa shape index (κ2) is 8.24. The summed E-state index contributed by atoms with van der Waals surface area (Å²) in [7, 11) is 3.76. The molecule has 2 amide bonds. The molecule has 1 N–H and O–H groups in total. The Hall–Kier alpha value is -2.27. The fraction of sp³-hybridized carbons (Fsp3) is 0.176. The first kappa shape index (κ1) is 16.1.